The minimum absolute atomic E-state index is 0.00351. The molecule has 1 aromatic carbocycles. The van der Waals surface area contributed by atoms with Crippen molar-refractivity contribution in [3.8, 4) is 16.9 Å². The van der Waals surface area contributed by atoms with E-state index in [1.165, 1.54) is 64.9 Å². The van der Waals surface area contributed by atoms with Gasteiger partial charge in [-0.3, -0.25) is 0 Å². The van der Waals surface area contributed by atoms with Crippen LogP contribution in [0.15, 0.2) is 29.6 Å². The molecule has 0 amide bonds. The number of esters is 1. The Balaban J connectivity index is 1.65. The second-order valence-corrected chi connectivity index (χ2v) is 8.22. The van der Waals surface area contributed by atoms with Crippen molar-refractivity contribution in [3.63, 3.8) is 0 Å². The van der Waals surface area contributed by atoms with Crippen molar-refractivity contribution in [3.05, 3.63) is 40.3 Å². The number of unbranched alkanes of at least 4 members (excludes halogenated alkanes) is 9. The Morgan fingerprint density at radius 1 is 0.931 bits per heavy atom. The molecule has 0 aliphatic carbocycles. The van der Waals surface area contributed by atoms with E-state index < -0.39 is 11.8 Å². The van der Waals surface area contributed by atoms with E-state index in [1.54, 1.807) is 5.38 Å². The van der Waals surface area contributed by atoms with Crippen LogP contribution in [0.4, 0.5) is 4.39 Å². The molecule has 0 saturated heterocycles. The van der Waals surface area contributed by atoms with Gasteiger partial charge in [0.2, 0.25) is 0 Å². The summed E-state index contributed by atoms with van der Waals surface area (Å²) in [5.41, 5.74) is 1.14. The van der Waals surface area contributed by atoms with E-state index >= 15 is 0 Å². The summed E-state index contributed by atoms with van der Waals surface area (Å²) in [5, 5.41) is 1.64. The fourth-order valence-corrected chi connectivity index (χ4v) is 4.15. The topological polar surface area (TPSA) is 35.5 Å². The van der Waals surface area contributed by atoms with Gasteiger partial charge in [-0.05, 0) is 24.1 Å². The standard InChI is InChI=1S/C24H33FO3S/c1-3-4-5-6-7-8-9-10-11-12-17-28-20-15-13-19(14-16-20)21-18-29-23(22(21)25)24(26)27-2/h13-16,18H,3-12,17H2,1-2H3. The van der Waals surface area contributed by atoms with E-state index in [2.05, 4.69) is 11.7 Å². The van der Waals surface area contributed by atoms with Crippen LogP contribution < -0.4 is 4.74 Å². The molecule has 5 heteroatoms. The van der Waals surface area contributed by atoms with Gasteiger partial charge < -0.3 is 9.47 Å². The number of methoxy groups -OCH3 is 1. The molecule has 1 heterocycles. The lowest BCUT2D eigenvalue weighted by Crippen LogP contribution is -2.00. The maximum absolute atomic E-state index is 14.4. The number of halogens is 1. The summed E-state index contributed by atoms with van der Waals surface area (Å²) in [5.74, 6) is -0.385. The van der Waals surface area contributed by atoms with Crippen LogP contribution in [-0.4, -0.2) is 19.7 Å². The van der Waals surface area contributed by atoms with Gasteiger partial charge in [-0.25, -0.2) is 9.18 Å². The number of carbonyl (C=O) groups excluding carboxylic acids is 1. The number of hydrogen-bond acceptors (Lipinski definition) is 4. The van der Waals surface area contributed by atoms with Crippen molar-refractivity contribution in [1.29, 1.82) is 0 Å². The highest BCUT2D eigenvalue weighted by Crippen LogP contribution is 2.31. The highest BCUT2D eigenvalue weighted by Gasteiger charge is 2.19. The van der Waals surface area contributed by atoms with Crippen molar-refractivity contribution in [2.45, 2.75) is 71.1 Å². The van der Waals surface area contributed by atoms with Crippen molar-refractivity contribution in [2.24, 2.45) is 0 Å². The summed E-state index contributed by atoms with van der Waals surface area (Å²) < 4.78 is 24.8. The van der Waals surface area contributed by atoms with Gasteiger partial charge in [0.15, 0.2) is 5.82 Å². The van der Waals surface area contributed by atoms with Gasteiger partial charge in [0.05, 0.1) is 13.7 Å². The Labute approximate surface area is 178 Å². The third-order valence-corrected chi connectivity index (χ3v) is 5.97. The normalized spacial score (nSPS) is 10.9. The van der Waals surface area contributed by atoms with Crippen molar-refractivity contribution < 1.29 is 18.7 Å². The van der Waals surface area contributed by atoms with Gasteiger partial charge in [-0.15, -0.1) is 11.3 Å². The van der Waals surface area contributed by atoms with Gasteiger partial charge in [-0.1, -0.05) is 76.8 Å². The van der Waals surface area contributed by atoms with Crippen LogP contribution in [0.5, 0.6) is 5.75 Å². The molecule has 0 aliphatic rings. The first-order chi connectivity index (χ1) is 14.2. The molecular formula is C24H33FO3S. The minimum Gasteiger partial charge on any atom is -0.494 e. The summed E-state index contributed by atoms with van der Waals surface area (Å²) in [6.07, 6.45) is 13.0. The number of ether oxygens (including phenoxy) is 2. The van der Waals surface area contributed by atoms with E-state index in [4.69, 9.17) is 4.74 Å². The van der Waals surface area contributed by atoms with Gasteiger partial charge >= 0.3 is 5.97 Å². The molecule has 0 fully saturated rings. The molecule has 0 saturated carbocycles. The first-order valence-electron chi connectivity index (χ1n) is 10.8. The van der Waals surface area contributed by atoms with Crippen molar-refractivity contribution in [1.82, 2.24) is 0 Å². The van der Waals surface area contributed by atoms with Crippen LogP contribution in [0, 0.1) is 5.82 Å². The summed E-state index contributed by atoms with van der Waals surface area (Å²) in [4.78, 5) is 11.5. The predicted molar refractivity (Wildman–Crippen MR) is 118 cm³/mol. The van der Waals surface area contributed by atoms with Gasteiger partial charge in [0.25, 0.3) is 0 Å². The fourth-order valence-electron chi connectivity index (χ4n) is 3.28. The maximum Gasteiger partial charge on any atom is 0.351 e. The van der Waals surface area contributed by atoms with Crippen LogP contribution in [0.25, 0.3) is 11.1 Å². The number of thiophene rings is 1. The minimum atomic E-state index is -0.643. The zero-order valence-electron chi connectivity index (χ0n) is 17.7. The maximum atomic E-state index is 14.4. The molecule has 0 radical (unpaired) electrons. The molecule has 0 bridgehead atoms. The average Bonchev–Trinajstić information content (AvgIpc) is 3.13. The molecule has 0 spiro atoms. The van der Waals surface area contributed by atoms with Crippen molar-refractivity contribution >= 4 is 17.3 Å². The Bertz CT molecular complexity index is 724. The van der Waals surface area contributed by atoms with E-state index in [9.17, 15) is 9.18 Å². The van der Waals surface area contributed by atoms with E-state index in [1.807, 2.05) is 24.3 Å². The van der Waals surface area contributed by atoms with E-state index in [0.29, 0.717) is 12.2 Å². The lowest BCUT2D eigenvalue weighted by molar-refractivity contribution is 0.0601. The van der Waals surface area contributed by atoms with Crippen LogP contribution in [0.1, 0.15) is 80.8 Å². The molecule has 29 heavy (non-hydrogen) atoms. The third kappa shape index (κ3) is 7.81. The van der Waals surface area contributed by atoms with Crippen molar-refractivity contribution in [2.75, 3.05) is 13.7 Å². The van der Waals surface area contributed by atoms with Crippen LogP contribution in [-0.2, 0) is 4.74 Å². The Kier molecular flexibility index (Phi) is 10.8. The molecular weight excluding hydrogens is 387 g/mol. The molecule has 0 N–H and O–H groups in total. The van der Waals surface area contributed by atoms with Gasteiger partial charge in [0, 0.05) is 10.9 Å². The second kappa shape index (κ2) is 13.4. The molecule has 2 rings (SSSR count). The number of benzene rings is 1. The highest BCUT2D eigenvalue weighted by atomic mass is 32.1. The van der Waals surface area contributed by atoms with Gasteiger partial charge in [-0.2, -0.15) is 0 Å². The zero-order valence-corrected chi connectivity index (χ0v) is 18.5. The quantitative estimate of drug-likeness (QED) is 0.233. The smallest absolute Gasteiger partial charge is 0.351 e. The first kappa shape index (κ1) is 23.4. The Morgan fingerprint density at radius 3 is 2.10 bits per heavy atom. The van der Waals surface area contributed by atoms with E-state index in [0.717, 1.165) is 29.1 Å². The summed E-state index contributed by atoms with van der Waals surface area (Å²) in [7, 11) is 1.25. The highest BCUT2D eigenvalue weighted by molar-refractivity contribution is 7.12. The summed E-state index contributed by atoms with van der Waals surface area (Å²) in [6, 6.07) is 7.33. The zero-order chi connectivity index (χ0) is 20.9. The number of rotatable bonds is 14. The molecule has 0 aliphatic heterocycles. The Hall–Kier alpha value is -1.88. The second-order valence-electron chi connectivity index (χ2n) is 7.34. The van der Waals surface area contributed by atoms with Crippen LogP contribution in [0.3, 0.4) is 0 Å². The van der Waals surface area contributed by atoms with Gasteiger partial charge in [0.1, 0.15) is 10.6 Å². The molecule has 2 aromatic rings. The molecule has 3 nitrogen and oxygen atoms in total. The molecule has 1 aromatic heterocycles. The fraction of sp³-hybridized carbons (Fsp3) is 0.542. The largest absolute Gasteiger partial charge is 0.494 e. The molecule has 0 unspecified atom stereocenters. The predicted octanol–water partition coefficient (Wildman–Crippen LogP) is 7.64. The lowest BCUT2D eigenvalue weighted by Gasteiger charge is -2.07. The Morgan fingerprint density at radius 2 is 1.52 bits per heavy atom. The number of carbonyl (C=O) groups is 1. The number of hydrogen-bond donors (Lipinski definition) is 0. The lowest BCUT2D eigenvalue weighted by atomic mass is 10.1. The SMILES string of the molecule is CCCCCCCCCCCCOc1ccc(-c2csc(C(=O)OC)c2F)cc1. The molecule has 160 valence electrons. The van der Waals surface area contributed by atoms with Crippen LogP contribution in [0.2, 0.25) is 0 Å². The first-order valence-corrected chi connectivity index (χ1v) is 11.6. The summed E-state index contributed by atoms with van der Waals surface area (Å²) >= 11 is 1.06. The molecule has 0 atom stereocenters. The van der Waals surface area contributed by atoms with E-state index in [-0.39, 0.29) is 4.88 Å². The van der Waals surface area contributed by atoms with Crippen LogP contribution >= 0.6 is 11.3 Å². The summed E-state index contributed by atoms with van der Waals surface area (Å²) in [6.45, 7) is 2.96. The third-order valence-electron chi connectivity index (χ3n) is 5.03. The monoisotopic (exact) mass is 420 g/mol. The average molecular weight is 421 g/mol.